The van der Waals surface area contributed by atoms with Gasteiger partial charge in [-0.05, 0) is 34.9 Å². The summed E-state index contributed by atoms with van der Waals surface area (Å²) in [6.45, 7) is 3.37. The predicted molar refractivity (Wildman–Crippen MR) is 79.7 cm³/mol. The van der Waals surface area contributed by atoms with Crippen LogP contribution in [0.2, 0.25) is 0 Å². The van der Waals surface area contributed by atoms with Gasteiger partial charge in [0.25, 0.3) is 0 Å². The van der Waals surface area contributed by atoms with E-state index in [2.05, 4.69) is 33.7 Å². The van der Waals surface area contributed by atoms with Crippen molar-refractivity contribution in [2.24, 2.45) is 7.05 Å². The second kappa shape index (κ2) is 5.85. The molecule has 1 aliphatic heterocycles. The summed E-state index contributed by atoms with van der Waals surface area (Å²) in [6, 6.07) is 8.31. The Hall–Kier alpha value is -1.89. The Kier molecular flexibility index (Phi) is 3.92. The molecule has 0 saturated carbocycles. The van der Waals surface area contributed by atoms with E-state index in [1.54, 1.807) is 11.7 Å². The molecule has 1 aliphatic rings. The summed E-state index contributed by atoms with van der Waals surface area (Å²) in [7, 11) is 1.77. The van der Waals surface area contributed by atoms with Gasteiger partial charge in [-0.15, -0.1) is 5.10 Å². The lowest BCUT2D eigenvalue weighted by Crippen LogP contribution is -2.40. The van der Waals surface area contributed by atoms with Crippen molar-refractivity contribution < 1.29 is 4.79 Å². The fourth-order valence-electron chi connectivity index (χ4n) is 2.47. The second-order valence-electron chi connectivity index (χ2n) is 5.12. The molecule has 1 atom stereocenters. The van der Waals surface area contributed by atoms with Crippen LogP contribution < -0.4 is 0 Å². The Morgan fingerprint density at radius 2 is 2.10 bits per heavy atom. The summed E-state index contributed by atoms with van der Waals surface area (Å²) in [5, 5.41) is 11.8. The lowest BCUT2D eigenvalue weighted by atomic mass is 10.00. The molecule has 0 N–H and O–H groups in total. The number of fused-ring (bicyclic) bond motifs is 1. The maximum absolute atomic E-state index is 12.6. The van der Waals surface area contributed by atoms with Crippen molar-refractivity contribution in [2.45, 2.75) is 30.3 Å². The third kappa shape index (κ3) is 2.92. The topological polar surface area (TPSA) is 63.9 Å². The van der Waals surface area contributed by atoms with Crippen LogP contribution in [0.1, 0.15) is 18.1 Å². The molecule has 0 radical (unpaired) electrons. The minimum atomic E-state index is -0.194. The quantitative estimate of drug-likeness (QED) is 0.799. The Morgan fingerprint density at radius 3 is 2.81 bits per heavy atom. The summed E-state index contributed by atoms with van der Waals surface area (Å²) < 4.78 is 1.58. The Balaban J connectivity index is 1.67. The number of hydrogen-bond donors (Lipinski definition) is 0. The zero-order valence-electron chi connectivity index (χ0n) is 12.1. The van der Waals surface area contributed by atoms with Crippen molar-refractivity contribution in [2.75, 3.05) is 6.54 Å². The van der Waals surface area contributed by atoms with Gasteiger partial charge in [0, 0.05) is 20.1 Å². The Morgan fingerprint density at radius 1 is 1.33 bits per heavy atom. The van der Waals surface area contributed by atoms with E-state index in [-0.39, 0.29) is 11.2 Å². The van der Waals surface area contributed by atoms with E-state index in [1.807, 2.05) is 17.9 Å². The summed E-state index contributed by atoms with van der Waals surface area (Å²) in [5.74, 6) is 0.137. The van der Waals surface area contributed by atoms with Gasteiger partial charge >= 0.3 is 0 Å². The molecule has 110 valence electrons. The number of carbonyl (C=O) groups excluding carboxylic acids is 1. The van der Waals surface area contributed by atoms with E-state index >= 15 is 0 Å². The largest absolute Gasteiger partial charge is 0.337 e. The van der Waals surface area contributed by atoms with Crippen molar-refractivity contribution >= 4 is 17.7 Å². The highest BCUT2D eigenvalue weighted by Crippen LogP contribution is 2.24. The van der Waals surface area contributed by atoms with E-state index in [1.165, 1.54) is 22.9 Å². The Labute approximate surface area is 127 Å². The average molecular weight is 303 g/mol. The van der Waals surface area contributed by atoms with E-state index in [0.717, 1.165) is 13.0 Å². The first-order chi connectivity index (χ1) is 10.1. The molecule has 0 bridgehead atoms. The lowest BCUT2D eigenvalue weighted by molar-refractivity contribution is -0.131. The number of amides is 1. The zero-order valence-corrected chi connectivity index (χ0v) is 12.9. The van der Waals surface area contributed by atoms with E-state index in [0.29, 0.717) is 11.7 Å². The van der Waals surface area contributed by atoms with Gasteiger partial charge in [-0.1, -0.05) is 36.0 Å². The van der Waals surface area contributed by atoms with Crippen LogP contribution in [-0.4, -0.2) is 42.8 Å². The molecular formula is C14H17N5OS. The molecule has 1 unspecified atom stereocenters. The summed E-state index contributed by atoms with van der Waals surface area (Å²) in [4.78, 5) is 14.5. The van der Waals surface area contributed by atoms with Crippen LogP contribution in [0.25, 0.3) is 0 Å². The van der Waals surface area contributed by atoms with Gasteiger partial charge in [-0.3, -0.25) is 4.79 Å². The van der Waals surface area contributed by atoms with Crippen molar-refractivity contribution in [1.82, 2.24) is 25.1 Å². The number of benzene rings is 1. The van der Waals surface area contributed by atoms with Gasteiger partial charge in [-0.2, -0.15) is 0 Å². The maximum atomic E-state index is 12.6. The van der Waals surface area contributed by atoms with Gasteiger partial charge in [0.15, 0.2) is 0 Å². The number of nitrogens with zero attached hydrogens (tertiary/aromatic N) is 5. The van der Waals surface area contributed by atoms with Crippen LogP contribution in [0.4, 0.5) is 0 Å². The number of aryl methyl sites for hydroxylation is 1. The molecule has 0 aliphatic carbocycles. The number of rotatable bonds is 3. The molecule has 1 aromatic heterocycles. The normalized spacial score (nSPS) is 15.6. The van der Waals surface area contributed by atoms with Crippen LogP contribution in [0.3, 0.4) is 0 Å². The van der Waals surface area contributed by atoms with Crippen LogP contribution >= 0.6 is 11.8 Å². The molecule has 0 saturated heterocycles. The van der Waals surface area contributed by atoms with Crippen molar-refractivity contribution in [3.8, 4) is 0 Å². The summed E-state index contributed by atoms with van der Waals surface area (Å²) in [5.41, 5.74) is 2.59. The van der Waals surface area contributed by atoms with Crippen LogP contribution in [0.5, 0.6) is 0 Å². The van der Waals surface area contributed by atoms with Crippen molar-refractivity contribution in [1.29, 1.82) is 0 Å². The second-order valence-corrected chi connectivity index (χ2v) is 6.43. The van der Waals surface area contributed by atoms with Crippen LogP contribution in [-0.2, 0) is 24.8 Å². The minimum Gasteiger partial charge on any atom is -0.337 e. The molecule has 1 amide bonds. The number of hydrogen-bond acceptors (Lipinski definition) is 5. The number of carbonyl (C=O) groups is 1. The zero-order chi connectivity index (χ0) is 14.8. The van der Waals surface area contributed by atoms with Crippen LogP contribution in [0, 0.1) is 0 Å². The minimum absolute atomic E-state index is 0.137. The summed E-state index contributed by atoms with van der Waals surface area (Å²) >= 11 is 1.40. The van der Waals surface area contributed by atoms with Gasteiger partial charge in [0.1, 0.15) is 0 Å². The number of tetrazole rings is 1. The van der Waals surface area contributed by atoms with Gasteiger partial charge in [-0.25, -0.2) is 4.68 Å². The van der Waals surface area contributed by atoms with E-state index in [9.17, 15) is 4.79 Å². The first kappa shape index (κ1) is 14.1. The maximum Gasteiger partial charge on any atom is 0.236 e. The molecule has 6 nitrogen and oxygen atoms in total. The van der Waals surface area contributed by atoms with Crippen LogP contribution in [0.15, 0.2) is 29.4 Å². The standard InChI is InChI=1S/C14H17N5OS/c1-10(21-14-15-16-17-18(14)2)13(20)19-8-7-11-5-3-4-6-12(11)9-19/h3-6,10H,7-9H2,1-2H3. The summed E-state index contributed by atoms with van der Waals surface area (Å²) in [6.07, 6.45) is 0.921. The van der Waals surface area contributed by atoms with Gasteiger partial charge in [0.05, 0.1) is 5.25 Å². The third-order valence-electron chi connectivity index (χ3n) is 3.65. The predicted octanol–water partition coefficient (Wildman–Crippen LogP) is 1.28. The average Bonchev–Trinajstić information content (AvgIpc) is 2.91. The molecule has 2 aromatic rings. The highest BCUT2D eigenvalue weighted by atomic mass is 32.2. The molecule has 21 heavy (non-hydrogen) atoms. The Bertz CT molecular complexity index is 656. The monoisotopic (exact) mass is 303 g/mol. The van der Waals surface area contributed by atoms with Gasteiger partial charge in [0.2, 0.25) is 11.1 Å². The molecule has 1 aromatic carbocycles. The highest BCUT2D eigenvalue weighted by Gasteiger charge is 2.26. The smallest absolute Gasteiger partial charge is 0.236 e. The fourth-order valence-corrected chi connectivity index (χ4v) is 3.31. The fraction of sp³-hybridized carbons (Fsp3) is 0.429. The van der Waals surface area contributed by atoms with Gasteiger partial charge < -0.3 is 4.90 Å². The van der Waals surface area contributed by atoms with E-state index < -0.39 is 0 Å². The first-order valence-electron chi connectivity index (χ1n) is 6.89. The first-order valence-corrected chi connectivity index (χ1v) is 7.77. The van der Waals surface area contributed by atoms with E-state index in [4.69, 9.17) is 0 Å². The SMILES string of the molecule is CC(Sc1nnnn1C)C(=O)N1CCc2ccccc2C1. The molecule has 3 rings (SSSR count). The van der Waals surface area contributed by atoms with Crippen molar-refractivity contribution in [3.63, 3.8) is 0 Å². The molecule has 0 spiro atoms. The number of thioether (sulfide) groups is 1. The lowest BCUT2D eigenvalue weighted by Gasteiger charge is -2.30. The van der Waals surface area contributed by atoms with Crippen molar-refractivity contribution in [3.05, 3.63) is 35.4 Å². The molecule has 2 heterocycles. The molecule has 0 fully saturated rings. The third-order valence-corrected chi connectivity index (χ3v) is 4.77. The molecule has 7 heteroatoms. The molecular weight excluding hydrogens is 286 g/mol. The highest BCUT2D eigenvalue weighted by molar-refractivity contribution is 8.00. The number of aromatic nitrogens is 4.